The number of fused-ring (bicyclic) bond motifs is 2. The molecule has 0 radical (unpaired) electrons. The van der Waals surface area contributed by atoms with Gasteiger partial charge in [-0.05, 0) is 54.1 Å². The number of nitrogens with zero attached hydrogens (tertiary/aromatic N) is 1. The minimum Gasteiger partial charge on any atom is -0.497 e. The third-order valence-electron chi connectivity index (χ3n) is 4.30. The Morgan fingerprint density at radius 2 is 1.88 bits per heavy atom. The monoisotopic (exact) mass is 366 g/mol. The number of aromatic nitrogens is 1. The molecule has 0 aliphatic carbocycles. The van der Waals surface area contributed by atoms with Gasteiger partial charge in [-0.3, -0.25) is 0 Å². The van der Waals surface area contributed by atoms with Crippen molar-refractivity contribution in [2.45, 2.75) is 6.54 Å². The maximum Gasteiger partial charge on any atom is 0.123 e. The van der Waals surface area contributed by atoms with Crippen molar-refractivity contribution < 1.29 is 9.13 Å². The van der Waals surface area contributed by atoms with Crippen molar-refractivity contribution in [1.82, 2.24) is 4.98 Å². The van der Waals surface area contributed by atoms with Gasteiger partial charge in [0.05, 0.1) is 23.8 Å². The minimum absolute atomic E-state index is 0.248. The summed E-state index contributed by atoms with van der Waals surface area (Å²) in [7, 11) is 1.63. The van der Waals surface area contributed by atoms with Crippen LogP contribution in [0.3, 0.4) is 0 Å². The summed E-state index contributed by atoms with van der Waals surface area (Å²) in [4.78, 5) is 4.70. The van der Waals surface area contributed by atoms with Crippen molar-refractivity contribution in [1.29, 1.82) is 0 Å². The molecule has 0 bridgehead atoms. The highest BCUT2D eigenvalue weighted by Crippen LogP contribution is 2.34. The molecule has 1 N–H and O–H groups in total. The second-order valence-electron chi connectivity index (χ2n) is 6.01. The van der Waals surface area contributed by atoms with E-state index in [2.05, 4.69) is 5.32 Å². The summed E-state index contributed by atoms with van der Waals surface area (Å²) in [6.45, 7) is 0.492. The van der Waals surface area contributed by atoms with Crippen LogP contribution in [0.2, 0.25) is 5.02 Å². The van der Waals surface area contributed by atoms with Gasteiger partial charge in [-0.15, -0.1) is 0 Å². The van der Waals surface area contributed by atoms with E-state index in [1.807, 2.05) is 42.5 Å². The number of rotatable bonds is 4. The predicted molar refractivity (Wildman–Crippen MR) is 105 cm³/mol. The van der Waals surface area contributed by atoms with Crippen molar-refractivity contribution in [3.63, 3.8) is 0 Å². The molecule has 3 aromatic carbocycles. The number of pyridine rings is 1. The first-order valence-electron chi connectivity index (χ1n) is 8.19. The first kappa shape index (κ1) is 16.6. The Balaban J connectivity index is 1.87. The molecule has 0 spiro atoms. The molecule has 3 nitrogen and oxygen atoms in total. The number of nitrogens with one attached hydrogen (secondary N) is 1. The number of halogens is 2. The van der Waals surface area contributed by atoms with Crippen molar-refractivity contribution in [3.05, 3.63) is 77.1 Å². The Hall–Kier alpha value is -2.85. The van der Waals surface area contributed by atoms with Crippen LogP contribution in [0.5, 0.6) is 5.75 Å². The predicted octanol–water partition coefficient (Wildman–Crippen LogP) is 5.80. The van der Waals surface area contributed by atoms with Crippen LogP contribution in [-0.2, 0) is 6.54 Å². The lowest BCUT2D eigenvalue weighted by molar-refractivity contribution is 0.415. The molecular weight excluding hydrogens is 351 g/mol. The molecule has 1 heterocycles. The molecule has 0 aliphatic heterocycles. The van der Waals surface area contributed by atoms with E-state index in [0.29, 0.717) is 11.6 Å². The van der Waals surface area contributed by atoms with Crippen LogP contribution < -0.4 is 10.1 Å². The van der Waals surface area contributed by atoms with Gasteiger partial charge in [-0.25, -0.2) is 9.37 Å². The summed E-state index contributed by atoms with van der Waals surface area (Å²) < 4.78 is 18.8. The van der Waals surface area contributed by atoms with Gasteiger partial charge in [0.2, 0.25) is 0 Å². The van der Waals surface area contributed by atoms with Crippen molar-refractivity contribution >= 4 is 39.1 Å². The number of anilines is 1. The van der Waals surface area contributed by atoms with E-state index in [-0.39, 0.29) is 5.82 Å². The Labute approximate surface area is 155 Å². The second kappa shape index (κ2) is 6.81. The molecule has 0 aliphatic rings. The number of hydrogen-bond donors (Lipinski definition) is 1. The minimum atomic E-state index is -0.248. The van der Waals surface area contributed by atoms with Crippen molar-refractivity contribution in [2.75, 3.05) is 12.4 Å². The van der Waals surface area contributed by atoms with E-state index < -0.39 is 0 Å². The molecule has 26 heavy (non-hydrogen) atoms. The van der Waals surface area contributed by atoms with Gasteiger partial charge in [0.15, 0.2) is 0 Å². The van der Waals surface area contributed by atoms with E-state index in [4.69, 9.17) is 21.3 Å². The van der Waals surface area contributed by atoms with Gasteiger partial charge >= 0.3 is 0 Å². The summed E-state index contributed by atoms with van der Waals surface area (Å²) in [5.41, 5.74) is 3.42. The smallest absolute Gasteiger partial charge is 0.123 e. The van der Waals surface area contributed by atoms with Gasteiger partial charge in [0.1, 0.15) is 11.6 Å². The van der Waals surface area contributed by atoms with Crippen molar-refractivity contribution in [2.24, 2.45) is 0 Å². The zero-order valence-electron chi connectivity index (χ0n) is 14.1. The highest BCUT2D eigenvalue weighted by molar-refractivity contribution is 6.31. The molecule has 1 aromatic heterocycles. The fraction of sp³-hybridized carbons (Fsp3) is 0.0952. The SMILES string of the molecule is COc1ccc2nc3cc(Cl)ccc3c(NCc3cccc(F)c3)c2c1. The van der Waals surface area contributed by atoms with Gasteiger partial charge in [0.25, 0.3) is 0 Å². The van der Waals surface area contributed by atoms with E-state index >= 15 is 0 Å². The lowest BCUT2D eigenvalue weighted by Crippen LogP contribution is -2.02. The zero-order valence-corrected chi connectivity index (χ0v) is 14.8. The summed E-state index contributed by atoms with van der Waals surface area (Å²) in [6.07, 6.45) is 0. The molecule has 0 fully saturated rings. The lowest BCUT2D eigenvalue weighted by atomic mass is 10.1. The molecule has 0 atom stereocenters. The Morgan fingerprint density at radius 1 is 1.00 bits per heavy atom. The van der Waals surface area contributed by atoms with Gasteiger partial charge in [-0.1, -0.05) is 23.7 Å². The average molecular weight is 367 g/mol. The lowest BCUT2D eigenvalue weighted by Gasteiger charge is -2.14. The Bertz CT molecular complexity index is 1110. The van der Waals surface area contributed by atoms with Crippen molar-refractivity contribution in [3.8, 4) is 5.75 Å². The third kappa shape index (κ3) is 3.16. The second-order valence-corrected chi connectivity index (χ2v) is 6.45. The van der Waals surface area contributed by atoms with Crippen LogP contribution >= 0.6 is 11.6 Å². The molecule has 0 amide bonds. The summed E-state index contributed by atoms with van der Waals surface area (Å²) >= 11 is 6.14. The largest absolute Gasteiger partial charge is 0.497 e. The zero-order chi connectivity index (χ0) is 18.1. The molecule has 4 aromatic rings. The number of hydrogen-bond acceptors (Lipinski definition) is 3. The molecular formula is C21H16ClFN2O. The maximum absolute atomic E-state index is 13.5. The first-order chi connectivity index (χ1) is 12.6. The van der Waals surface area contributed by atoms with Crippen LogP contribution in [0.1, 0.15) is 5.56 Å². The molecule has 130 valence electrons. The number of benzene rings is 3. The Kier molecular flexibility index (Phi) is 4.35. The van der Waals surface area contributed by atoms with Gasteiger partial charge in [-0.2, -0.15) is 0 Å². The van der Waals surface area contributed by atoms with E-state index in [9.17, 15) is 4.39 Å². The number of methoxy groups -OCH3 is 1. The standard InChI is InChI=1S/C21H16ClFN2O/c1-26-16-6-8-19-18(11-16)21(17-7-5-14(22)10-20(17)25-19)24-12-13-3-2-4-15(23)9-13/h2-11H,12H2,1H3,(H,24,25). The highest BCUT2D eigenvalue weighted by atomic mass is 35.5. The van der Waals surface area contributed by atoms with Crippen LogP contribution in [0.4, 0.5) is 10.1 Å². The summed E-state index contributed by atoms with van der Waals surface area (Å²) in [6, 6.07) is 17.9. The third-order valence-corrected chi connectivity index (χ3v) is 4.54. The molecule has 5 heteroatoms. The van der Waals surface area contributed by atoms with Crippen LogP contribution in [-0.4, -0.2) is 12.1 Å². The number of ether oxygens (including phenoxy) is 1. The van der Waals surface area contributed by atoms with Crippen LogP contribution in [0.15, 0.2) is 60.7 Å². The van der Waals surface area contributed by atoms with E-state index in [0.717, 1.165) is 38.8 Å². The fourth-order valence-corrected chi connectivity index (χ4v) is 3.22. The normalized spacial score (nSPS) is 11.0. The van der Waals surface area contributed by atoms with E-state index in [1.165, 1.54) is 12.1 Å². The quantitative estimate of drug-likeness (QED) is 0.463. The highest BCUT2D eigenvalue weighted by Gasteiger charge is 2.11. The van der Waals surface area contributed by atoms with Gasteiger partial charge < -0.3 is 10.1 Å². The first-order valence-corrected chi connectivity index (χ1v) is 8.57. The van der Waals surface area contributed by atoms with E-state index in [1.54, 1.807) is 13.2 Å². The maximum atomic E-state index is 13.5. The summed E-state index contributed by atoms with van der Waals surface area (Å²) in [5.74, 6) is 0.503. The fourth-order valence-electron chi connectivity index (χ4n) is 3.05. The molecule has 0 unspecified atom stereocenters. The molecule has 4 rings (SSSR count). The van der Waals surface area contributed by atoms with Crippen LogP contribution in [0, 0.1) is 5.82 Å². The van der Waals surface area contributed by atoms with Crippen LogP contribution in [0.25, 0.3) is 21.8 Å². The topological polar surface area (TPSA) is 34.1 Å². The Morgan fingerprint density at radius 3 is 2.69 bits per heavy atom. The van der Waals surface area contributed by atoms with Gasteiger partial charge in [0, 0.05) is 22.3 Å². The summed E-state index contributed by atoms with van der Waals surface area (Å²) in [5, 5.41) is 5.96. The average Bonchev–Trinajstić information content (AvgIpc) is 2.64. The molecule has 0 saturated carbocycles. The molecule has 0 saturated heterocycles.